The second kappa shape index (κ2) is 3.19. The van der Waals surface area contributed by atoms with Gasteiger partial charge in [-0.3, -0.25) is 4.57 Å². The van der Waals surface area contributed by atoms with Crippen LogP contribution in [0, 0.1) is 0 Å². The summed E-state index contributed by atoms with van der Waals surface area (Å²) in [6.07, 6.45) is 5.22. The molecule has 2 heterocycles. The Morgan fingerprint density at radius 1 is 1.50 bits per heavy atom. The van der Waals surface area contributed by atoms with Gasteiger partial charge in [0, 0.05) is 12.8 Å². The van der Waals surface area contributed by atoms with Crippen LogP contribution < -0.4 is 0 Å². The highest BCUT2D eigenvalue weighted by Crippen LogP contribution is 2.26. The molecule has 0 aromatic carbocycles. The Balaban J connectivity index is 2.13. The Morgan fingerprint density at radius 3 is 3.00 bits per heavy atom. The molecule has 1 N–H and O–H groups in total. The number of nitrogens with zero attached hydrogens (tertiary/aromatic N) is 1. The number of rotatable bonds is 1. The first-order valence-corrected chi connectivity index (χ1v) is 4.35. The van der Waals surface area contributed by atoms with Crippen molar-refractivity contribution in [3.63, 3.8) is 0 Å². The smallest absolute Gasteiger partial charge is 0.193 e. The van der Waals surface area contributed by atoms with E-state index in [1.807, 2.05) is 12.3 Å². The molecule has 1 aliphatic rings. The summed E-state index contributed by atoms with van der Waals surface area (Å²) in [5.41, 5.74) is 0. The maximum atomic E-state index is 9.39. The molecule has 66 valence electrons. The van der Waals surface area contributed by atoms with Gasteiger partial charge >= 0.3 is 0 Å². The summed E-state index contributed by atoms with van der Waals surface area (Å²) >= 11 is 0. The standard InChI is InChI=1S/C9H13NO2/c11-8-4-3-6-10(8)9-5-1-2-7-12-9/h3-4,6,9,11H,1-2,5,7H2. The lowest BCUT2D eigenvalue weighted by Gasteiger charge is -2.24. The van der Waals surface area contributed by atoms with Crippen molar-refractivity contribution >= 4 is 0 Å². The zero-order chi connectivity index (χ0) is 8.39. The average Bonchev–Trinajstić information content (AvgIpc) is 2.53. The van der Waals surface area contributed by atoms with Crippen molar-refractivity contribution in [1.82, 2.24) is 4.57 Å². The maximum absolute atomic E-state index is 9.39. The van der Waals surface area contributed by atoms with Crippen molar-refractivity contribution in [3.8, 4) is 5.88 Å². The van der Waals surface area contributed by atoms with Crippen LogP contribution >= 0.6 is 0 Å². The molecule has 1 unspecified atom stereocenters. The molecule has 0 aliphatic carbocycles. The van der Waals surface area contributed by atoms with Crippen molar-refractivity contribution in [2.75, 3.05) is 6.61 Å². The van der Waals surface area contributed by atoms with Gasteiger partial charge in [-0.2, -0.15) is 0 Å². The van der Waals surface area contributed by atoms with Crippen LogP contribution in [0.25, 0.3) is 0 Å². The molecule has 0 radical (unpaired) electrons. The van der Waals surface area contributed by atoms with Crippen LogP contribution in [0.15, 0.2) is 18.3 Å². The second-order valence-corrected chi connectivity index (χ2v) is 3.09. The van der Waals surface area contributed by atoms with E-state index in [1.54, 1.807) is 10.6 Å². The molecule has 1 saturated heterocycles. The normalized spacial score (nSPS) is 24.2. The van der Waals surface area contributed by atoms with Crippen molar-refractivity contribution < 1.29 is 9.84 Å². The number of aromatic nitrogens is 1. The van der Waals surface area contributed by atoms with E-state index in [1.165, 1.54) is 6.42 Å². The maximum Gasteiger partial charge on any atom is 0.193 e. The molecule has 1 aromatic rings. The molecule has 0 bridgehead atoms. The molecule has 3 nitrogen and oxygen atoms in total. The van der Waals surface area contributed by atoms with Gasteiger partial charge < -0.3 is 9.84 Å². The largest absolute Gasteiger partial charge is 0.494 e. The number of ether oxygens (including phenoxy) is 1. The summed E-state index contributed by atoms with van der Waals surface area (Å²) in [5, 5.41) is 9.39. The van der Waals surface area contributed by atoms with Crippen molar-refractivity contribution in [2.45, 2.75) is 25.5 Å². The van der Waals surface area contributed by atoms with Crippen molar-refractivity contribution in [3.05, 3.63) is 18.3 Å². The molecule has 3 heteroatoms. The van der Waals surface area contributed by atoms with Gasteiger partial charge in [0.15, 0.2) is 5.88 Å². The summed E-state index contributed by atoms with van der Waals surface area (Å²) in [7, 11) is 0. The highest BCUT2D eigenvalue weighted by atomic mass is 16.5. The molecule has 0 saturated carbocycles. The topological polar surface area (TPSA) is 34.4 Å². The van der Waals surface area contributed by atoms with Crippen LogP contribution in [0.5, 0.6) is 5.88 Å². The minimum absolute atomic E-state index is 0.0498. The fourth-order valence-corrected chi connectivity index (χ4v) is 1.57. The lowest BCUT2D eigenvalue weighted by atomic mass is 10.2. The predicted molar refractivity (Wildman–Crippen MR) is 44.9 cm³/mol. The van der Waals surface area contributed by atoms with Crippen LogP contribution in [-0.2, 0) is 4.74 Å². The minimum Gasteiger partial charge on any atom is -0.494 e. The lowest BCUT2D eigenvalue weighted by molar-refractivity contribution is -0.0351. The molecule has 12 heavy (non-hydrogen) atoms. The molecule has 1 fully saturated rings. The lowest BCUT2D eigenvalue weighted by Crippen LogP contribution is -2.16. The SMILES string of the molecule is Oc1cccn1C1CCCCO1. The average molecular weight is 167 g/mol. The summed E-state index contributed by atoms with van der Waals surface area (Å²) in [6, 6.07) is 3.51. The quantitative estimate of drug-likeness (QED) is 0.693. The molecular formula is C9H13NO2. The van der Waals surface area contributed by atoms with Crippen LogP contribution in [-0.4, -0.2) is 16.3 Å². The zero-order valence-electron chi connectivity index (χ0n) is 6.94. The third-order valence-corrected chi connectivity index (χ3v) is 2.22. The molecule has 0 spiro atoms. The first kappa shape index (κ1) is 7.68. The summed E-state index contributed by atoms with van der Waals surface area (Å²) in [6.45, 7) is 0.808. The predicted octanol–water partition coefficient (Wildman–Crippen LogP) is 1.89. The molecular weight excluding hydrogens is 154 g/mol. The molecule has 1 aromatic heterocycles. The van der Waals surface area contributed by atoms with E-state index in [-0.39, 0.29) is 6.23 Å². The Kier molecular flexibility index (Phi) is 2.04. The Morgan fingerprint density at radius 2 is 2.42 bits per heavy atom. The van der Waals surface area contributed by atoms with E-state index < -0.39 is 0 Å². The van der Waals surface area contributed by atoms with E-state index in [0.717, 1.165) is 19.4 Å². The van der Waals surface area contributed by atoms with Gasteiger partial charge in [0.1, 0.15) is 6.23 Å². The summed E-state index contributed by atoms with van der Waals surface area (Å²) in [5.74, 6) is 0.293. The van der Waals surface area contributed by atoms with Crippen LogP contribution in [0.2, 0.25) is 0 Å². The van der Waals surface area contributed by atoms with Crippen LogP contribution in [0.1, 0.15) is 25.5 Å². The van der Waals surface area contributed by atoms with Crippen molar-refractivity contribution in [2.24, 2.45) is 0 Å². The third kappa shape index (κ3) is 1.32. The third-order valence-electron chi connectivity index (χ3n) is 2.22. The minimum atomic E-state index is 0.0498. The van der Waals surface area contributed by atoms with Gasteiger partial charge in [0.2, 0.25) is 0 Å². The van der Waals surface area contributed by atoms with Gasteiger partial charge in [0.05, 0.1) is 0 Å². The Labute approximate surface area is 71.6 Å². The van der Waals surface area contributed by atoms with E-state index in [9.17, 15) is 5.11 Å². The van der Waals surface area contributed by atoms with E-state index >= 15 is 0 Å². The molecule has 1 atom stereocenters. The second-order valence-electron chi connectivity index (χ2n) is 3.09. The van der Waals surface area contributed by atoms with Gasteiger partial charge in [-0.15, -0.1) is 0 Å². The first-order valence-electron chi connectivity index (χ1n) is 4.35. The van der Waals surface area contributed by atoms with Crippen LogP contribution in [0.3, 0.4) is 0 Å². The first-order chi connectivity index (χ1) is 5.88. The van der Waals surface area contributed by atoms with E-state index in [2.05, 4.69) is 0 Å². The highest BCUT2D eigenvalue weighted by Gasteiger charge is 2.16. The number of hydrogen-bond acceptors (Lipinski definition) is 2. The van der Waals surface area contributed by atoms with Crippen LogP contribution in [0.4, 0.5) is 0 Å². The molecule has 2 rings (SSSR count). The zero-order valence-corrected chi connectivity index (χ0v) is 6.94. The van der Waals surface area contributed by atoms with E-state index in [0.29, 0.717) is 5.88 Å². The fraction of sp³-hybridized carbons (Fsp3) is 0.556. The number of aromatic hydroxyl groups is 1. The van der Waals surface area contributed by atoms with E-state index in [4.69, 9.17) is 4.74 Å². The Bertz CT molecular complexity index is 251. The number of hydrogen-bond donors (Lipinski definition) is 1. The highest BCUT2D eigenvalue weighted by molar-refractivity contribution is 5.12. The summed E-state index contributed by atoms with van der Waals surface area (Å²) in [4.78, 5) is 0. The Hall–Kier alpha value is -0.960. The van der Waals surface area contributed by atoms with Crippen molar-refractivity contribution in [1.29, 1.82) is 0 Å². The monoisotopic (exact) mass is 167 g/mol. The molecule has 1 aliphatic heterocycles. The van der Waals surface area contributed by atoms with Gasteiger partial charge in [-0.05, 0) is 31.4 Å². The molecule has 0 amide bonds. The fourth-order valence-electron chi connectivity index (χ4n) is 1.57. The van der Waals surface area contributed by atoms with Gasteiger partial charge in [0.25, 0.3) is 0 Å². The van der Waals surface area contributed by atoms with Gasteiger partial charge in [-0.25, -0.2) is 0 Å². The van der Waals surface area contributed by atoms with Gasteiger partial charge in [-0.1, -0.05) is 0 Å². The summed E-state index contributed by atoms with van der Waals surface area (Å²) < 4.78 is 7.28.